The van der Waals surface area contributed by atoms with Gasteiger partial charge >= 0.3 is 0 Å². The Kier molecular flexibility index (Phi) is 5.18. The monoisotopic (exact) mass is 354 g/mol. The van der Waals surface area contributed by atoms with Gasteiger partial charge in [0.25, 0.3) is 11.5 Å². The second kappa shape index (κ2) is 7.70. The largest absolute Gasteiger partial charge is 0.383 e. The maximum absolute atomic E-state index is 12.3. The smallest absolute Gasteiger partial charge is 0.277 e. The number of carbonyl (C=O) groups is 1. The lowest BCUT2D eigenvalue weighted by atomic mass is 10.2. The molecule has 9 nitrogen and oxygen atoms in total. The molecule has 2 N–H and O–H groups in total. The first-order valence-corrected chi connectivity index (χ1v) is 7.94. The third-order valence-electron chi connectivity index (χ3n) is 3.56. The lowest BCUT2D eigenvalue weighted by Gasteiger charge is -2.06. The van der Waals surface area contributed by atoms with Crippen LogP contribution in [0.5, 0.6) is 0 Å². The molecule has 9 heteroatoms. The number of hydrogen-bond acceptors (Lipinski definition) is 6. The number of carbonyl (C=O) groups excluding carboxylic acids is 1. The molecule has 1 amide bonds. The molecule has 0 saturated heterocycles. The molecule has 0 atom stereocenters. The molecule has 2 aromatic heterocycles. The number of aromatic nitrogens is 5. The van der Waals surface area contributed by atoms with Gasteiger partial charge in [-0.2, -0.15) is 0 Å². The van der Waals surface area contributed by atoms with Crippen LogP contribution in [0.15, 0.2) is 41.3 Å². The summed E-state index contributed by atoms with van der Waals surface area (Å²) in [5.41, 5.74) is 1.84. The molecule has 0 fully saturated rings. The van der Waals surface area contributed by atoms with E-state index in [1.54, 1.807) is 44.5 Å². The van der Waals surface area contributed by atoms with Gasteiger partial charge in [0.2, 0.25) is 0 Å². The average molecular weight is 354 g/mol. The number of rotatable bonds is 6. The minimum absolute atomic E-state index is 0.202. The molecule has 0 unspecified atom stereocenters. The summed E-state index contributed by atoms with van der Waals surface area (Å²) in [6.07, 6.45) is 1.55. The number of hydrogen-bond donors (Lipinski definition) is 2. The minimum atomic E-state index is -0.378. The first kappa shape index (κ1) is 17.5. The number of nitrogens with zero attached hydrogens (tertiary/aromatic N) is 4. The fraction of sp³-hybridized carbons (Fsp3) is 0.235. The summed E-state index contributed by atoms with van der Waals surface area (Å²) in [6.45, 7) is 2.74. The van der Waals surface area contributed by atoms with Crippen molar-refractivity contribution in [2.45, 2.75) is 13.5 Å². The molecule has 2 heterocycles. The molecule has 0 bridgehead atoms. The first-order valence-electron chi connectivity index (χ1n) is 7.94. The van der Waals surface area contributed by atoms with Crippen molar-refractivity contribution >= 4 is 11.6 Å². The van der Waals surface area contributed by atoms with Crippen LogP contribution in [0.2, 0.25) is 0 Å². The number of amides is 1. The SMILES string of the molecule is COCCn1cc(C(=O)Nc2cccc(-c3nc(C)cc(=O)[nH]3)c2)nn1. The van der Waals surface area contributed by atoms with Gasteiger partial charge in [-0.1, -0.05) is 17.3 Å². The summed E-state index contributed by atoms with van der Waals surface area (Å²) in [4.78, 5) is 30.9. The molecule has 0 radical (unpaired) electrons. The van der Waals surface area contributed by atoms with Crippen LogP contribution < -0.4 is 10.9 Å². The van der Waals surface area contributed by atoms with Gasteiger partial charge in [-0.15, -0.1) is 5.10 Å². The number of H-pyrrole nitrogens is 1. The topological polar surface area (TPSA) is 115 Å². The summed E-state index contributed by atoms with van der Waals surface area (Å²) in [6, 6.07) is 8.45. The zero-order valence-corrected chi connectivity index (χ0v) is 14.4. The van der Waals surface area contributed by atoms with E-state index in [0.29, 0.717) is 35.9 Å². The van der Waals surface area contributed by atoms with Crippen molar-refractivity contribution in [3.05, 3.63) is 58.3 Å². The van der Waals surface area contributed by atoms with Gasteiger partial charge in [0.1, 0.15) is 5.82 Å². The number of nitrogens with one attached hydrogen (secondary N) is 2. The van der Waals surface area contributed by atoms with Crippen LogP contribution in [0.3, 0.4) is 0 Å². The zero-order chi connectivity index (χ0) is 18.5. The number of methoxy groups -OCH3 is 1. The van der Waals surface area contributed by atoms with E-state index in [2.05, 4.69) is 25.6 Å². The molecule has 26 heavy (non-hydrogen) atoms. The predicted molar refractivity (Wildman–Crippen MR) is 94.9 cm³/mol. The first-order chi connectivity index (χ1) is 12.5. The summed E-state index contributed by atoms with van der Waals surface area (Å²) in [5.74, 6) is 0.0631. The molecule has 134 valence electrons. The van der Waals surface area contributed by atoms with Gasteiger partial charge in [0.15, 0.2) is 5.69 Å². The van der Waals surface area contributed by atoms with Crippen LogP contribution in [0.4, 0.5) is 5.69 Å². The molecule has 0 spiro atoms. The highest BCUT2D eigenvalue weighted by Crippen LogP contribution is 2.19. The van der Waals surface area contributed by atoms with Crippen LogP contribution in [0.1, 0.15) is 16.2 Å². The van der Waals surface area contributed by atoms with Crippen molar-refractivity contribution < 1.29 is 9.53 Å². The van der Waals surface area contributed by atoms with Gasteiger partial charge < -0.3 is 15.0 Å². The summed E-state index contributed by atoms with van der Waals surface area (Å²) < 4.78 is 6.50. The van der Waals surface area contributed by atoms with Crippen LogP contribution >= 0.6 is 0 Å². The molecule has 3 aromatic rings. The third-order valence-corrected chi connectivity index (χ3v) is 3.56. The van der Waals surface area contributed by atoms with Crippen LogP contribution in [-0.4, -0.2) is 44.6 Å². The van der Waals surface area contributed by atoms with E-state index in [-0.39, 0.29) is 17.2 Å². The highest BCUT2D eigenvalue weighted by Gasteiger charge is 2.12. The second-order valence-electron chi connectivity index (χ2n) is 5.63. The summed E-state index contributed by atoms with van der Waals surface area (Å²) in [7, 11) is 1.59. The number of benzene rings is 1. The van der Waals surface area contributed by atoms with Gasteiger partial charge in [-0.3, -0.25) is 9.59 Å². The fourth-order valence-electron chi connectivity index (χ4n) is 2.35. The summed E-state index contributed by atoms with van der Waals surface area (Å²) >= 11 is 0. The highest BCUT2D eigenvalue weighted by molar-refractivity contribution is 6.02. The highest BCUT2D eigenvalue weighted by atomic mass is 16.5. The third kappa shape index (κ3) is 4.19. The van der Waals surface area contributed by atoms with E-state index in [1.165, 1.54) is 10.7 Å². The standard InChI is InChI=1S/C17H18N6O3/c1-11-8-15(24)20-16(18-11)12-4-3-5-13(9-12)19-17(25)14-10-23(22-21-14)6-7-26-2/h3-5,8-10H,6-7H2,1-2H3,(H,19,25)(H,18,20,24). The van der Waals surface area contributed by atoms with Gasteiger partial charge in [0.05, 0.1) is 19.3 Å². The minimum Gasteiger partial charge on any atom is -0.383 e. The normalized spacial score (nSPS) is 10.7. The molecule has 3 rings (SSSR count). The number of aryl methyl sites for hydroxylation is 1. The van der Waals surface area contributed by atoms with E-state index in [9.17, 15) is 9.59 Å². The molecule has 0 saturated carbocycles. The van der Waals surface area contributed by atoms with E-state index >= 15 is 0 Å². The van der Waals surface area contributed by atoms with Crippen molar-refractivity contribution in [3.8, 4) is 11.4 Å². The molecule has 1 aromatic carbocycles. The summed E-state index contributed by atoms with van der Waals surface area (Å²) in [5, 5.41) is 10.5. The Morgan fingerprint density at radius 2 is 2.19 bits per heavy atom. The van der Waals surface area contributed by atoms with Crippen molar-refractivity contribution in [3.63, 3.8) is 0 Å². The van der Waals surface area contributed by atoms with Crippen LogP contribution in [0, 0.1) is 6.92 Å². The molecule has 0 aliphatic rings. The van der Waals surface area contributed by atoms with Crippen LogP contribution in [0.25, 0.3) is 11.4 Å². The number of aromatic amines is 1. The Hall–Kier alpha value is -3.33. The Bertz CT molecular complexity index is 978. The Balaban J connectivity index is 1.77. The number of anilines is 1. The van der Waals surface area contributed by atoms with Crippen molar-refractivity contribution in [2.24, 2.45) is 0 Å². The Morgan fingerprint density at radius 1 is 1.35 bits per heavy atom. The zero-order valence-electron chi connectivity index (χ0n) is 14.4. The van der Waals surface area contributed by atoms with E-state index in [0.717, 1.165) is 0 Å². The van der Waals surface area contributed by atoms with Crippen molar-refractivity contribution in [1.29, 1.82) is 0 Å². The maximum atomic E-state index is 12.3. The Labute approximate surface area is 149 Å². The fourth-order valence-corrected chi connectivity index (χ4v) is 2.35. The molecule has 0 aliphatic heterocycles. The van der Waals surface area contributed by atoms with Gasteiger partial charge in [-0.25, -0.2) is 9.67 Å². The average Bonchev–Trinajstić information content (AvgIpc) is 3.08. The van der Waals surface area contributed by atoms with Crippen molar-refractivity contribution in [1.82, 2.24) is 25.0 Å². The predicted octanol–water partition coefficient (Wildman–Crippen LogP) is 1.24. The maximum Gasteiger partial charge on any atom is 0.277 e. The van der Waals surface area contributed by atoms with Gasteiger partial charge in [-0.05, 0) is 19.1 Å². The van der Waals surface area contributed by atoms with E-state index in [1.807, 2.05) is 0 Å². The molecular formula is C17H18N6O3. The molecular weight excluding hydrogens is 336 g/mol. The number of ether oxygens (including phenoxy) is 1. The van der Waals surface area contributed by atoms with E-state index in [4.69, 9.17) is 4.74 Å². The lowest BCUT2D eigenvalue weighted by molar-refractivity contribution is 0.102. The second-order valence-corrected chi connectivity index (χ2v) is 5.63. The van der Waals surface area contributed by atoms with E-state index < -0.39 is 0 Å². The van der Waals surface area contributed by atoms with Crippen molar-refractivity contribution in [2.75, 3.05) is 19.0 Å². The lowest BCUT2D eigenvalue weighted by Crippen LogP contribution is -2.13. The van der Waals surface area contributed by atoms with Gasteiger partial charge in [0, 0.05) is 30.1 Å². The van der Waals surface area contributed by atoms with Crippen LogP contribution in [-0.2, 0) is 11.3 Å². The quantitative estimate of drug-likeness (QED) is 0.688. The Morgan fingerprint density at radius 3 is 2.96 bits per heavy atom. The molecule has 0 aliphatic carbocycles.